The number of nitrogens with one attached hydrogen (secondary N) is 1. The first-order chi connectivity index (χ1) is 8.39. The minimum absolute atomic E-state index is 0.0638. The maximum absolute atomic E-state index is 13.5. The van der Waals surface area contributed by atoms with E-state index in [1.165, 1.54) is 12.1 Å². The van der Waals surface area contributed by atoms with E-state index in [1.54, 1.807) is 6.92 Å². The molecule has 1 fully saturated rings. The van der Waals surface area contributed by atoms with Crippen LogP contribution in [0.5, 0.6) is 0 Å². The number of halogens is 2. The van der Waals surface area contributed by atoms with Crippen molar-refractivity contribution >= 4 is 9.84 Å². The van der Waals surface area contributed by atoms with E-state index >= 15 is 0 Å². The van der Waals surface area contributed by atoms with E-state index in [2.05, 4.69) is 5.32 Å². The van der Waals surface area contributed by atoms with Crippen LogP contribution in [0.1, 0.15) is 24.9 Å². The quantitative estimate of drug-likeness (QED) is 0.915. The molecule has 0 spiro atoms. The Balaban J connectivity index is 2.09. The van der Waals surface area contributed by atoms with Gasteiger partial charge in [-0.3, -0.25) is 0 Å². The summed E-state index contributed by atoms with van der Waals surface area (Å²) in [4.78, 5) is 0. The molecule has 100 valence electrons. The summed E-state index contributed by atoms with van der Waals surface area (Å²) in [7, 11) is -2.97. The molecule has 0 aliphatic carbocycles. The minimum Gasteiger partial charge on any atom is -0.306 e. The van der Waals surface area contributed by atoms with E-state index in [0.29, 0.717) is 6.42 Å². The van der Waals surface area contributed by atoms with Crippen molar-refractivity contribution in [3.8, 4) is 0 Å². The molecule has 1 saturated heterocycles. The highest BCUT2D eigenvalue weighted by Crippen LogP contribution is 2.21. The third kappa shape index (κ3) is 2.87. The van der Waals surface area contributed by atoms with Gasteiger partial charge in [-0.05, 0) is 19.4 Å². The maximum atomic E-state index is 13.5. The second-order valence-electron chi connectivity index (χ2n) is 4.63. The van der Waals surface area contributed by atoms with Crippen molar-refractivity contribution in [2.45, 2.75) is 25.4 Å². The van der Waals surface area contributed by atoms with E-state index < -0.39 is 27.5 Å². The fraction of sp³-hybridized carbons (Fsp3) is 0.500. The molecule has 1 heterocycles. The fourth-order valence-corrected chi connectivity index (χ4v) is 3.91. The smallest absolute Gasteiger partial charge is 0.163 e. The first kappa shape index (κ1) is 13.4. The third-order valence-electron chi connectivity index (χ3n) is 3.17. The molecule has 2 atom stereocenters. The summed E-state index contributed by atoms with van der Waals surface area (Å²) in [6.07, 6.45) is 0.517. The van der Waals surface area contributed by atoms with Crippen LogP contribution in [-0.2, 0) is 9.84 Å². The Bertz CT molecular complexity index is 545. The van der Waals surface area contributed by atoms with Gasteiger partial charge < -0.3 is 5.32 Å². The summed E-state index contributed by atoms with van der Waals surface area (Å²) in [5.74, 6) is -1.55. The molecule has 1 aromatic rings. The molecule has 3 nitrogen and oxygen atoms in total. The van der Waals surface area contributed by atoms with Crippen molar-refractivity contribution in [2.24, 2.45) is 0 Å². The van der Waals surface area contributed by atoms with Gasteiger partial charge in [0.05, 0.1) is 11.5 Å². The molecule has 1 aliphatic rings. The molecule has 2 unspecified atom stereocenters. The SMILES string of the molecule is CC(NC1CCS(=O)(=O)C1)c1cccc(F)c1F. The summed E-state index contributed by atoms with van der Waals surface area (Å²) in [5, 5.41) is 3.03. The normalized spacial score (nSPS) is 24.1. The van der Waals surface area contributed by atoms with E-state index in [4.69, 9.17) is 0 Å². The van der Waals surface area contributed by atoms with Crippen molar-refractivity contribution in [1.82, 2.24) is 5.32 Å². The largest absolute Gasteiger partial charge is 0.306 e. The van der Waals surface area contributed by atoms with Gasteiger partial charge in [-0.25, -0.2) is 17.2 Å². The van der Waals surface area contributed by atoms with Crippen LogP contribution in [0.4, 0.5) is 8.78 Å². The van der Waals surface area contributed by atoms with Crippen molar-refractivity contribution < 1.29 is 17.2 Å². The van der Waals surface area contributed by atoms with Crippen molar-refractivity contribution in [3.05, 3.63) is 35.4 Å². The van der Waals surface area contributed by atoms with Gasteiger partial charge in [-0.2, -0.15) is 0 Å². The van der Waals surface area contributed by atoms with Gasteiger partial charge in [0.2, 0.25) is 0 Å². The Labute approximate surface area is 105 Å². The molecular formula is C12H15F2NO2S. The molecule has 1 N–H and O–H groups in total. The topological polar surface area (TPSA) is 46.2 Å². The van der Waals surface area contributed by atoms with Gasteiger partial charge in [0.1, 0.15) is 0 Å². The summed E-state index contributed by atoms with van der Waals surface area (Å²) in [6.45, 7) is 1.70. The van der Waals surface area contributed by atoms with Gasteiger partial charge in [0.25, 0.3) is 0 Å². The van der Waals surface area contributed by atoms with Crippen LogP contribution in [0.2, 0.25) is 0 Å². The van der Waals surface area contributed by atoms with Gasteiger partial charge in [0, 0.05) is 17.6 Å². The lowest BCUT2D eigenvalue weighted by molar-refractivity contribution is 0.445. The summed E-state index contributed by atoms with van der Waals surface area (Å²) in [5.41, 5.74) is 0.222. The molecule has 1 aliphatic heterocycles. The standard InChI is InChI=1S/C12H15F2NO2S/c1-8(10-3-2-4-11(13)12(10)14)15-9-5-6-18(16,17)7-9/h2-4,8-9,15H,5-7H2,1H3. The average molecular weight is 275 g/mol. The predicted octanol–water partition coefficient (Wildman–Crippen LogP) is 1.80. The lowest BCUT2D eigenvalue weighted by atomic mass is 10.1. The monoisotopic (exact) mass is 275 g/mol. The van der Waals surface area contributed by atoms with Crippen LogP contribution < -0.4 is 5.32 Å². The van der Waals surface area contributed by atoms with Gasteiger partial charge in [-0.15, -0.1) is 0 Å². The Morgan fingerprint density at radius 1 is 1.39 bits per heavy atom. The van der Waals surface area contributed by atoms with Crippen LogP contribution in [0.25, 0.3) is 0 Å². The lowest BCUT2D eigenvalue weighted by Crippen LogP contribution is -2.32. The zero-order valence-corrected chi connectivity index (χ0v) is 10.8. The zero-order chi connectivity index (χ0) is 13.3. The number of rotatable bonds is 3. The Morgan fingerprint density at radius 3 is 2.72 bits per heavy atom. The van der Waals surface area contributed by atoms with E-state index in [-0.39, 0.29) is 23.1 Å². The second kappa shape index (κ2) is 4.93. The van der Waals surface area contributed by atoms with Crippen molar-refractivity contribution in [2.75, 3.05) is 11.5 Å². The first-order valence-corrected chi connectivity index (χ1v) is 7.61. The van der Waals surface area contributed by atoms with Gasteiger partial charge >= 0.3 is 0 Å². The van der Waals surface area contributed by atoms with Crippen LogP contribution in [-0.4, -0.2) is 26.0 Å². The molecule has 0 aromatic heterocycles. The molecule has 0 radical (unpaired) electrons. The Kier molecular flexibility index (Phi) is 3.68. The van der Waals surface area contributed by atoms with E-state index in [0.717, 1.165) is 6.07 Å². The van der Waals surface area contributed by atoms with Crippen LogP contribution in [0.15, 0.2) is 18.2 Å². The number of hydrogen-bond donors (Lipinski definition) is 1. The molecule has 2 rings (SSSR count). The first-order valence-electron chi connectivity index (χ1n) is 5.79. The van der Waals surface area contributed by atoms with Gasteiger partial charge in [0.15, 0.2) is 21.5 Å². The Hall–Kier alpha value is -1.01. The molecule has 0 bridgehead atoms. The second-order valence-corrected chi connectivity index (χ2v) is 6.86. The van der Waals surface area contributed by atoms with Crippen LogP contribution in [0, 0.1) is 11.6 Å². The van der Waals surface area contributed by atoms with Crippen molar-refractivity contribution in [3.63, 3.8) is 0 Å². The highest BCUT2D eigenvalue weighted by Gasteiger charge is 2.29. The highest BCUT2D eigenvalue weighted by atomic mass is 32.2. The minimum atomic E-state index is -2.97. The Morgan fingerprint density at radius 2 is 2.11 bits per heavy atom. The molecule has 0 saturated carbocycles. The number of benzene rings is 1. The molecule has 1 aromatic carbocycles. The van der Waals surface area contributed by atoms with Gasteiger partial charge in [-0.1, -0.05) is 12.1 Å². The summed E-state index contributed by atoms with van der Waals surface area (Å²) < 4.78 is 49.2. The maximum Gasteiger partial charge on any atom is 0.163 e. The molecule has 0 amide bonds. The summed E-state index contributed by atoms with van der Waals surface area (Å²) in [6, 6.07) is 3.40. The number of hydrogen-bond acceptors (Lipinski definition) is 3. The molecular weight excluding hydrogens is 260 g/mol. The van der Waals surface area contributed by atoms with E-state index in [9.17, 15) is 17.2 Å². The van der Waals surface area contributed by atoms with Crippen molar-refractivity contribution in [1.29, 1.82) is 0 Å². The third-order valence-corrected chi connectivity index (χ3v) is 4.93. The van der Waals surface area contributed by atoms with E-state index in [1.807, 2.05) is 0 Å². The fourth-order valence-electron chi connectivity index (χ4n) is 2.22. The summed E-state index contributed by atoms with van der Waals surface area (Å²) >= 11 is 0. The van der Waals surface area contributed by atoms with Crippen LogP contribution in [0.3, 0.4) is 0 Å². The molecule has 18 heavy (non-hydrogen) atoms. The number of sulfone groups is 1. The zero-order valence-electron chi connectivity index (χ0n) is 9.99. The highest BCUT2D eigenvalue weighted by molar-refractivity contribution is 7.91. The predicted molar refractivity (Wildman–Crippen MR) is 65.0 cm³/mol. The van der Waals surface area contributed by atoms with Crippen LogP contribution >= 0.6 is 0 Å². The average Bonchev–Trinajstić information content (AvgIpc) is 2.62. The lowest BCUT2D eigenvalue weighted by Gasteiger charge is -2.19. The molecule has 6 heteroatoms.